The zero-order chi connectivity index (χ0) is 10.6. The molecule has 13 heavy (non-hydrogen) atoms. The Morgan fingerprint density at radius 3 is 2.38 bits per heavy atom. The Labute approximate surface area is 73.0 Å². The van der Waals surface area contributed by atoms with E-state index in [1.807, 2.05) is 0 Å². The van der Waals surface area contributed by atoms with Gasteiger partial charge in [-0.05, 0) is 6.42 Å². The van der Waals surface area contributed by atoms with Crippen LogP contribution < -0.4 is 5.73 Å². The molecular formula is C7H10F3NO2. The van der Waals surface area contributed by atoms with Crippen LogP contribution in [0, 0.1) is 5.92 Å². The summed E-state index contributed by atoms with van der Waals surface area (Å²) in [4.78, 5) is 10.0. The van der Waals surface area contributed by atoms with Crippen LogP contribution in [0.5, 0.6) is 0 Å². The fourth-order valence-electron chi connectivity index (χ4n) is 0.687. The summed E-state index contributed by atoms with van der Waals surface area (Å²) in [6.07, 6.45) is -4.25. The normalized spacial score (nSPS) is 15.5. The highest BCUT2D eigenvalue weighted by Gasteiger charge is 2.35. The molecule has 0 spiro atoms. The Hall–Kier alpha value is -1.20. The number of allylic oxidation sites excluding steroid dienone is 1. The maximum Gasteiger partial charge on any atom is 0.391 e. The van der Waals surface area contributed by atoms with Gasteiger partial charge in [0.1, 0.15) is 0 Å². The molecule has 0 saturated carbocycles. The molecule has 0 fully saturated rings. The quantitative estimate of drug-likeness (QED) is 0.674. The molecule has 3 N–H and O–H groups in total. The molecule has 76 valence electrons. The highest BCUT2D eigenvalue weighted by molar-refractivity contribution is 5.80. The van der Waals surface area contributed by atoms with Gasteiger partial charge >= 0.3 is 12.1 Å². The Balaban J connectivity index is 4.22. The van der Waals surface area contributed by atoms with Crippen LogP contribution in [-0.4, -0.2) is 17.3 Å². The minimum absolute atomic E-state index is 0.280. The number of carbonyl (C=O) groups is 1. The predicted molar refractivity (Wildman–Crippen MR) is 39.7 cm³/mol. The van der Waals surface area contributed by atoms with Crippen LogP contribution in [0.25, 0.3) is 0 Å². The summed E-state index contributed by atoms with van der Waals surface area (Å²) in [5.74, 6) is -2.96. The first-order valence-electron chi connectivity index (χ1n) is 3.49. The summed E-state index contributed by atoms with van der Waals surface area (Å²) < 4.78 is 35.8. The minimum Gasteiger partial charge on any atom is -0.478 e. The number of carboxylic acid groups (broad SMARTS) is 1. The standard InChI is InChI=1S/C7H10F3NO2/c1-4(7(8,9)10)2-5(11)3-6(12)13/h3-4H,2,11H2,1H3,(H,12,13). The average molecular weight is 197 g/mol. The summed E-state index contributed by atoms with van der Waals surface area (Å²) in [6, 6.07) is 0. The number of carboxylic acids is 1. The molecule has 0 aliphatic heterocycles. The van der Waals surface area contributed by atoms with Crippen molar-refractivity contribution in [2.75, 3.05) is 0 Å². The van der Waals surface area contributed by atoms with Crippen molar-refractivity contribution in [1.29, 1.82) is 0 Å². The molecule has 0 rings (SSSR count). The van der Waals surface area contributed by atoms with Crippen LogP contribution in [0.2, 0.25) is 0 Å². The number of hydrogen-bond donors (Lipinski definition) is 2. The second-order valence-electron chi connectivity index (χ2n) is 2.70. The van der Waals surface area contributed by atoms with Gasteiger partial charge in [0, 0.05) is 11.8 Å². The van der Waals surface area contributed by atoms with E-state index < -0.39 is 24.5 Å². The Morgan fingerprint density at radius 1 is 1.62 bits per heavy atom. The first-order chi connectivity index (χ1) is 5.73. The van der Waals surface area contributed by atoms with E-state index in [1.54, 1.807) is 0 Å². The van der Waals surface area contributed by atoms with Crippen LogP contribution in [0.4, 0.5) is 13.2 Å². The van der Waals surface area contributed by atoms with E-state index in [1.165, 1.54) is 0 Å². The van der Waals surface area contributed by atoms with Gasteiger partial charge in [-0.25, -0.2) is 4.79 Å². The van der Waals surface area contributed by atoms with Crippen molar-refractivity contribution in [3.63, 3.8) is 0 Å². The lowest BCUT2D eigenvalue weighted by molar-refractivity contribution is -0.169. The van der Waals surface area contributed by atoms with Crippen molar-refractivity contribution < 1.29 is 23.1 Å². The number of halogens is 3. The van der Waals surface area contributed by atoms with Crippen LogP contribution in [0.15, 0.2) is 11.8 Å². The van der Waals surface area contributed by atoms with Crippen LogP contribution in [-0.2, 0) is 4.79 Å². The summed E-state index contributed by atoms with van der Waals surface area (Å²) in [7, 11) is 0. The van der Waals surface area contributed by atoms with E-state index in [-0.39, 0.29) is 5.70 Å². The molecule has 0 aromatic rings. The second-order valence-corrected chi connectivity index (χ2v) is 2.70. The summed E-state index contributed by atoms with van der Waals surface area (Å²) in [5, 5.41) is 8.16. The lowest BCUT2D eigenvalue weighted by Gasteiger charge is -2.14. The highest BCUT2D eigenvalue weighted by Crippen LogP contribution is 2.29. The molecule has 0 amide bonds. The molecule has 3 nitrogen and oxygen atoms in total. The lowest BCUT2D eigenvalue weighted by Crippen LogP contribution is -2.22. The number of alkyl halides is 3. The van der Waals surface area contributed by atoms with Crippen molar-refractivity contribution in [2.45, 2.75) is 19.5 Å². The number of rotatable bonds is 3. The topological polar surface area (TPSA) is 63.3 Å². The summed E-state index contributed by atoms with van der Waals surface area (Å²) in [5.41, 5.74) is 4.77. The number of nitrogens with two attached hydrogens (primary N) is 1. The smallest absolute Gasteiger partial charge is 0.391 e. The maximum absolute atomic E-state index is 11.9. The van der Waals surface area contributed by atoms with Gasteiger partial charge in [-0.3, -0.25) is 0 Å². The molecule has 0 bridgehead atoms. The first kappa shape index (κ1) is 11.8. The molecule has 1 atom stereocenters. The summed E-state index contributed by atoms with van der Waals surface area (Å²) >= 11 is 0. The Kier molecular flexibility index (Phi) is 3.77. The van der Waals surface area contributed by atoms with Crippen LogP contribution >= 0.6 is 0 Å². The van der Waals surface area contributed by atoms with Gasteiger partial charge < -0.3 is 10.8 Å². The molecule has 0 heterocycles. The van der Waals surface area contributed by atoms with Gasteiger partial charge in [-0.2, -0.15) is 13.2 Å². The van der Waals surface area contributed by atoms with E-state index in [9.17, 15) is 18.0 Å². The third-order valence-corrected chi connectivity index (χ3v) is 1.41. The van der Waals surface area contributed by atoms with Crippen molar-refractivity contribution in [1.82, 2.24) is 0 Å². The van der Waals surface area contributed by atoms with Gasteiger partial charge in [0.25, 0.3) is 0 Å². The molecule has 0 aromatic heterocycles. The number of hydrogen-bond acceptors (Lipinski definition) is 2. The van der Waals surface area contributed by atoms with E-state index in [4.69, 9.17) is 10.8 Å². The van der Waals surface area contributed by atoms with Gasteiger partial charge in [0.15, 0.2) is 0 Å². The third-order valence-electron chi connectivity index (χ3n) is 1.41. The van der Waals surface area contributed by atoms with Gasteiger partial charge in [0.05, 0.1) is 5.92 Å². The lowest BCUT2D eigenvalue weighted by atomic mass is 10.1. The Bertz CT molecular complexity index is 222. The van der Waals surface area contributed by atoms with E-state index in [0.29, 0.717) is 6.08 Å². The van der Waals surface area contributed by atoms with Crippen LogP contribution in [0.1, 0.15) is 13.3 Å². The molecular weight excluding hydrogens is 187 g/mol. The molecule has 0 radical (unpaired) electrons. The van der Waals surface area contributed by atoms with Crippen molar-refractivity contribution >= 4 is 5.97 Å². The molecule has 0 saturated heterocycles. The Morgan fingerprint density at radius 2 is 2.08 bits per heavy atom. The van der Waals surface area contributed by atoms with Gasteiger partial charge in [0.2, 0.25) is 0 Å². The van der Waals surface area contributed by atoms with E-state index in [0.717, 1.165) is 6.92 Å². The van der Waals surface area contributed by atoms with Crippen LogP contribution in [0.3, 0.4) is 0 Å². The van der Waals surface area contributed by atoms with E-state index in [2.05, 4.69) is 0 Å². The largest absolute Gasteiger partial charge is 0.478 e. The van der Waals surface area contributed by atoms with Crippen molar-refractivity contribution in [3.8, 4) is 0 Å². The second kappa shape index (κ2) is 4.15. The summed E-state index contributed by atoms with van der Waals surface area (Å²) in [6.45, 7) is 0.947. The molecule has 0 aromatic carbocycles. The first-order valence-corrected chi connectivity index (χ1v) is 3.49. The van der Waals surface area contributed by atoms with Crippen molar-refractivity contribution in [3.05, 3.63) is 11.8 Å². The highest BCUT2D eigenvalue weighted by atomic mass is 19.4. The van der Waals surface area contributed by atoms with Gasteiger partial charge in [-0.15, -0.1) is 0 Å². The monoisotopic (exact) mass is 197 g/mol. The zero-order valence-electron chi connectivity index (χ0n) is 6.93. The third kappa shape index (κ3) is 5.10. The van der Waals surface area contributed by atoms with Gasteiger partial charge in [-0.1, -0.05) is 6.92 Å². The molecule has 1 unspecified atom stereocenters. The fraction of sp³-hybridized carbons (Fsp3) is 0.571. The average Bonchev–Trinajstić information content (AvgIpc) is 1.82. The van der Waals surface area contributed by atoms with E-state index >= 15 is 0 Å². The predicted octanol–water partition coefficient (Wildman–Crippen LogP) is 1.50. The SMILES string of the molecule is CC(CC(N)=CC(=O)O)C(F)(F)F. The molecule has 0 aliphatic carbocycles. The van der Waals surface area contributed by atoms with Crippen molar-refractivity contribution in [2.24, 2.45) is 11.7 Å². The number of aliphatic carboxylic acids is 1. The minimum atomic E-state index is -4.34. The molecule has 6 heteroatoms. The maximum atomic E-state index is 11.9. The zero-order valence-corrected chi connectivity index (χ0v) is 6.93. The molecule has 0 aliphatic rings. The fourth-order valence-corrected chi connectivity index (χ4v) is 0.687.